The van der Waals surface area contributed by atoms with Gasteiger partial charge in [-0.1, -0.05) is 6.42 Å². The summed E-state index contributed by atoms with van der Waals surface area (Å²) >= 11 is 0. The molecule has 1 aliphatic carbocycles. The predicted octanol–water partition coefficient (Wildman–Crippen LogP) is 2.42. The lowest BCUT2D eigenvalue weighted by atomic mass is 9.93. The zero-order valence-corrected chi connectivity index (χ0v) is 16.8. The highest BCUT2D eigenvalue weighted by Gasteiger charge is 2.40. The molecule has 0 radical (unpaired) electrons. The molecule has 7 nitrogen and oxygen atoms in total. The van der Waals surface area contributed by atoms with Crippen molar-refractivity contribution in [3.63, 3.8) is 0 Å². The number of nitrogens with zero attached hydrogens (tertiary/aromatic N) is 1. The molecule has 0 aromatic heterocycles. The summed E-state index contributed by atoms with van der Waals surface area (Å²) in [5.74, 6) is -0.243. The number of rotatable bonds is 6. The monoisotopic (exact) mass is 391 g/mol. The van der Waals surface area contributed by atoms with E-state index in [0.717, 1.165) is 30.4 Å². The number of hydrogen-bond donors (Lipinski definition) is 1. The molecule has 1 heterocycles. The number of carbonyl (C=O) groups is 2. The van der Waals surface area contributed by atoms with Gasteiger partial charge in [-0.05, 0) is 49.9 Å². The van der Waals surface area contributed by atoms with Gasteiger partial charge in [-0.25, -0.2) is 4.79 Å². The smallest absolute Gasteiger partial charge is 0.341 e. The fourth-order valence-electron chi connectivity index (χ4n) is 4.52. The first-order chi connectivity index (χ1) is 13.4. The van der Waals surface area contributed by atoms with Gasteiger partial charge in [-0.15, -0.1) is 0 Å². The van der Waals surface area contributed by atoms with E-state index in [1.165, 1.54) is 0 Å². The average Bonchev–Trinajstić information content (AvgIpc) is 3.15. The van der Waals surface area contributed by atoms with Crippen LogP contribution in [0.15, 0.2) is 12.1 Å². The van der Waals surface area contributed by atoms with Crippen LogP contribution < -0.4 is 4.74 Å². The third-order valence-corrected chi connectivity index (χ3v) is 5.77. The molecular formula is C21H29NO6. The minimum absolute atomic E-state index is 0.0113. The Morgan fingerprint density at radius 2 is 1.96 bits per heavy atom. The van der Waals surface area contributed by atoms with E-state index in [1.807, 2.05) is 18.7 Å². The van der Waals surface area contributed by atoms with Crippen LogP contribution in [-0.2, 0) is 14.3 Å². The highest BCUT2D eigenvalue weighted by molar-refractivity contribution is 5.95. The lowest BCUT2D eigenvalue weighted by molar-refractivity contribution is -0.139. The van der Waals surface area contributed by atoms with Gasteiger partial charge in [0.25, 0.3) is 5.91 Å². The molecule has 1 saturated carbocycles. The van der Waals surface area contributed by atoms with Crippen LogP contribution in [0.25, 0.3) is 0 Å². The topological polar surface area (TPSA) is 85.3 Å². The predicted molar refractivity (Wildman–Crippen MR) is 103 cm³/mol. The third kappa shape index (κ3) is 4.31. The van der Waals surface area contributed by atoms with Crippen molar-refractivity contribution in [2.45, 2.75) is 45.3 Å². The Hall–Kier alpha value is -2.12. The number of carboxylic acid groups (broad SMARTS) is 1. The highest BCUT2D eigenvalue weighted by atomic mass is 16.5. The maximum Gasteiger partial charge on any atom is 0.341 e. The summed E-state index contributed by atoms with van der Waals surface area (Å²) in [7, 11) is 1.74. The Balaban J connectivity index is 1.82. The van der Waals surface area contributed by atoms with Crippen molar-refractivity contribution in [3.8, 4) is 5.75 Å². The zero-order valence-electron chi connectivity index (χ0n) is 16.8. The van der Waals surface area contributed by atoms with Gasteiger partial charge in [0.2, 0.25) is 0 Å². The number of benzene rings is 1. The number of aryl methyl sites for hydroxylation is 2. The molecular weight excluding hydrogens is 362 g/mol. The van der Waals surface area contributed by atoms with Gasteiger partial charge < -0.3 is 24.2 Å². The van der Waals surface area contributed by atoms with Crippen LogP contribution in [0.3, 0.4) is 0 Å². The second-order valence-corrected chi connectivity index (χ2v) is 7.63. The quantitative estimate of drug-likeness (QED) is 0.802. The number of carbonyl (C=O) groups excluding carboxylic acids is 1. The van der Waals surface area contributed by atoms with Gasteiger partial charge >= 0.3 is 5.97 Å². The molecule has 3 atom stereocenters. The standard InChI is InChI=1S/C21H29NO6/c1-13-9-15(10-14(2)20(13)28-12-19(23)24)21(25)22-7-8-27-11-17(22)16-5-4-6-18(16)26-3/h9-10,16-18H,4-8,11-12H2,1-3H3,(H,23,24). The number of amides is 1. The van der Waals surface area contributed by atoms with Crippen molar-refractivity contribution in [1.29, 1.82) is 0 Å². The van der Waals surface area contributed by atoms with Crippen molar-refractivity contribution >= 4 is 11.9 Å². The molecule has 1 N–H and O–H groups in total. The van der Waals surface area contributed by atoms with E-state index >= 15 is 0 Å². The molecule has 154 valence electrons. The largest absolute Gasteiger partial charge is 0.481 e. The summed E-state index contributed by atoms with van der Waals surface area (Å²) in [5, 5.41) is 8.84. The normalized spacial score (nSPS) is 25.0. The number of methoxy groups -OCH3 is 1. The molecule has 0 spiro atoms. The molecule has 1 saturated heterocycles. The summed E-state index contributed by atoms with van der Waals surface area (Å²) in [6.45, 7) is 4.89. The molecule has 28 heavy (non-hydrogen) atoms. The Morgan fingerprint density at radius 1 is 1.25 bits per heavy atom. The third-order valence-electron chi connectivity index (χ3n) is 5.77. The van der Waals surface area contributed by atoms with Crippen molar-refractivity contribution < 1.29 is 28.9 Å². The van der Waals surface area contributed by atoms with Crippen LogP contribution in [0, 0.1) is 19.8 Å². The van der Waals surface area contributed by atoms with E-state index in [2.05, 4.69) is 0 Å². The molecule has 1 aromatic carbocycles. The van der Waals surface area contributed by atoms with Gasteiger partial charge in [-0.2, -0.15) is 0 Å². The molecule has 3 rings (SSSR count). The molecule has 3 unspecified atom stereocenters. The molecule has 1 amide bonds. The van der Waals surface area contributed by atoms with Crippen LogP contribution in [0.2, 0.25) is 0 Å². The number of hydrogen-bond acceptors (Lipinski definition) is 5. The van der Waals surface area contributed by atoms with Crippen LogP contribution in [0.4, 0.5) is 0 Å². The van der Waals surface area contributed by atoms with Gasteiger partial charge in [0, 0.05) is 25.1 Å². The molecule has 2 aliphatic rings. The lowest BCUT2D eigenvalue weighted by Crippen LogP contribution is -2.53. The van der Waals surface area contributed by atoms with E-state index in [4.69, 9.17) is 19.3 Å². The Morgan fingerprint density at radius 3 is 2.61 bits per heavy atom. The highest BCUT2D eigenvalue weighted by Crippen LogP contribution is 2.35. The van der Waals surface area contributed by atoms with E-state index in [0.29, 0.717) is 31.1 Å². The first kappa shape index (κ1) is 20.6. The summed E-state index contributed by atoms with van der Waals surface area (Å²) in [6, 6.07) is 3.57. The number of carboxylic acids is 1. The number of morpholine rings is 1. The van der Waals surface area contributed by atoms with Crippen molar-refractivity contribution in [2.75, 3.05) is 33.5 Å². The van der Waals surface area contributed by atoms with Crippen LogP contribution in [-0.4, -0.2) is 67.5 Å². The van der Waals surface area contributed by atoms with E-state index in [-0.39, 0.29) is 24.0 Å². The summed E-state index contributed by atoms with van der Waals surface area (Å²) < 4.78 is 16.7. The summed E-state index contributed by atoms with van der Waals surface area (Å²) in [6.07, 6.45) is 3.33. The van der Waals surface area contributed by atoms with Crippen LogP contribution >= 0.6 is 0 Å². The lowest BCUT2D eigenvalue weighted by Gasteiger charge is -2.40. The van der Waals surface area contributed by atoms with Gasteiger partial charge in [0.15, 0.2) is 6.61 Å². The van der Waals surface area contributed by atoms with Gasteiger partial charge in [0.05, 0.1) is 25.4 Å². The Bertz CT molecular complexity index is 711. The number of aliphatic carboxylic acids is 1. The van der Waals surface area contributed by atoms with Gasteiger partial charge in [0.1, 0.15) is 5.75 Å². The average molecular weight is 391 g/mol. The Labute approximate surface area is 165 Å². The van der Waals surface area contributed by atoms with Gasteiger partial charge in [-0.3, -0.25) is 4.79 Å². The van der Waals surface area contributed by atoms with E-state index < -0.39 is 12.6 Å². The molecule has 1 aromatic rings. The van der Waals surface area contributed by atoms with Crippen molar-refractivity contribution in [2.24, 2.45) is 5.92 Å². The summed E-state index contributed by atoms with van der Waals surface area (Å²) in [5.41, 5.74) is 2.10. The van der Waals surface area contributed by atoms with E-state index in [1.54, 1.807) is 19.2 Å². The first-order valence-electron chi connectivity index (χ1n) is 9.79. The second-order valence-electron chi connectivity index (χ2n) is 7.63. The number of ether oxygens (including phenoxy) is 3. The maximum absolute atomic E-state index is 13.3. The fraction of sp³-hybridized carbons (Fsp3) is 0.619. The van der Waals surface area contributed by atoms with Crippen LogP contribution in [0.1, 0.15) is 40.7 Å². The minimum atomic E-state index is -1.03. The minimum Gasteiger partial charge on any atom is -0.481 e. The summed E-state index contributed by atoms with van der Waals surface area (Å²) in [4.78, 5) is 26.0. The second kappa shape index (κ2) is 8.92. The molecule has 2 fully saturated rings. The van der Waals surface area contributed by atoms with Crippen LogP contribution in [0.5, 0.6) is 5.75 Å². The Kier molecular flexibility index (Phi) is 6.57. The molecule has 0 bridgehead atoms. The fourth-order valence-corrected chi connectivity index (χ4v) is 4.52. The van der Waals surface area contributed by atoms with E-state index in [9.17, 15) is 9.59 Å². The van der Waals surface area contributed by atoms with Crippen molar-refractivity contribution in [1.82, 2.24) is 4.90 Å². The molecule has 1 aliphatic heterocycles. The SMILES string of the molecule is COC1CCCC1C1COCCN1C(=O)c1cc(C)c(OCC(=O)O)c(C)c1. The zero-order chi connectivity index (χ0) is 20.3. The first-order valence-corrected chi connectivity index (χ1v) is 9.79. The maximum atomic E-state index is 13.3. The molecule has 7 heteroatoms. The van der Waals surface area contributed by atoms with Crippen molar-refractivity contribution in [3.05, 3.63) is 28.8 Å².